The molecule has 146 valence electrons. The summed E-state index contributed by atoms with van der Waals surface area (Å²) in [4.78, 5) is 7.38. The van der Waals surface area contributed by atoms with Gasteiger partial charge < -0.3 is 9.33 Å². The molecule has 0 aromatic rings. The molecule has 2 aliphatic rings. The largest absolute Gasteiger partial charge is 0.417 e. The summed E-state index contributed by atoms with van der Waals surface area (Å²) in [5.41, 5.74) is 0. The van der Waals surface area contributed by atoms with Crippen molar-refractivity contribution in [2.45, 2.75) is 77.6 Å². The summed E-state index contributed by atoms with van der Waals surface area (Å²) >= 11 is 0. The van der Waals surface area contributed by atoms with Crippen LogP contribution in [0.25, 0.3) is 0 Å². The second-order valence-electron chi connectivity index (χ2n) is 9.42. The van der Waals surface area contributed by atoms with E-state index in [9.17, 15) is 0 Å². The second kappa shape index (κ2) is 9.31. The molecule has 2 radical (unpaired) electrons. The van der Waals surface area contributed by atoms with Crippen LogP contribution in [0.15, 0.2) is 0 Å². The van der Waals surface area contributed by atoms with Gasteiger partial charge in [-0.3, -0.25) is 9.80 Å². The first-order valence-corrected chi connectivity index (χ1v) is 13.2. The van der Waals surface area contributed by atoms with Crippen molar-refractivity contribution >= 4 is 8.32 Å². The van der Waals surface area contributed by atoms with Crippen molar-refractivity contribution in [2.24, 2.45) is 0 Å². The molecule has 2 heterocycles. The van der Waals surface area contributed by atoms with Gasteiger partial charge in [0.2, 0.25) is 0 Å². The van der Waals surface area contributed by atoms with Gasteiger partial charge in [0.05, 0.1) is 0 Å². The monoisotopic (exact) mass is 367 g/mol. The van der Waals surface area contributed by atoms with Gasteiger partial charge in [0.25, 0.3) is 0 Å². The predicted octanol–water partition coefficient (Wildman–Crippen LogP) is 3.89. The lowest BCUT2D eigenvalue weighted by Crippen LogP contribution is -2.41. The highest BCUT2D eigenvalue weighted by Gasteiger charge is 2.36. The average Bonchev–Trinajstić information content (AvgIpc) is 3.12. The van der Waals surface area contributed by atoms with Crippen molar-refractivity contribution in [3.8, 4) is 0 Å². The summed E-state index contributed by atoms with van der Waals surface area (Å²) in [7, 11) is -1.59. The smallest absolute Gasteiger partial charge is 0.191 e. The molecule has 2 rings (SSSR count). The molecular formula is C20H41N3OSi. The van der Waals surface area contributed by atoms with Crippen LogP contribution in [-0.2, 0) is 4.43 Å². The third kappa shape index (κ3) is 6.62. The molecule has 1 atom stereocenters. The van der Waals surface area contributed by atoms with Crippen molar-refractivity contribution in [1.82, 2.24) is 14.7 Å². The number of likely N-dealkylation sites (tertiary alicyclic amines) is 1. The maximum Gasteiger partial charge on any atom is 0.191 e. The maximum atomic E-state index is 6.28. The topological polar surface area (TPSA) is 19.0 Å². The first-order chi connectivity index (χ1) is 11.7. The molecule has 2 fully saturated rings. The molecule has 0 N–H and O–H groups in total. The SMILES string of the molecule is C[C@@H]1CCCN1CCCN1[C]N(CCCO[Si](C)(C)C(C)(C)C)CC1. The minimum Gasteiger partial charge on any atom is -0.417 e. The molecule has 0 unspecified atom stereocenters. The fraction of sp³-hybridized carbons (Fsp3) is 0.950. The summed E-state index contributed by atoms with van der Waals surface area (Å²) in [6.07, 6.45) is 5.14. The lowest BCUT2D eigenvalue weighted by atomic mass is 10.2. The van der Waals surface area contributed by atoms with Gasteiger partial charge in [-0.1, -0.05) is 20.8 Å². The van der Waals surface area contributed by atoms with Crippen LogP contribution in [0.5, 0.6) is 0 Å². The van der Waals surface area contributed by atoms with Gasteiger partial charge in [-0.15, -0.1) is 0 Å². The van der Waals surface area contributed by atoms with Crippen molar-refractivity contribution < 1.29 is 4.43 Å². The predicted molar refractivity (Wildman–Crippen MR) is 109 cm³/mol. The Morgan fingerprint density at radius 2 is 1.64 bits per heavy atom. The lowest BCUT2D eigenvalue weighted by Gasteiger charge is -2.36. The molecule has 2 saturated heterocycles. The Kier molecular flexibility index (Phi) is 7.96. The number of hydrogen-bond donors (Lipinski definition) is 0. The number of nitrogens with zero attached hydrogens (tertiary/aromatic N) is 3. The average molecular weight is 368 g/mol. The molecule has 0 aromatic heterocycles. The molecule has 0 amide bonds. The van der Waals surface area contributed by atoms with E-state index in [0.29, 0.717) is 5.04 Å². The normalized spacial score (nSPS) is 24.5. The van der Waals surface area contributed by atoms with Crippen molar-refractivity contribution in [1.29, 1.82) is 0 Å². The van der Waals surface area contributed by atoms with Gasteiger partial charge in [-0.2, -0.15) is 0 Å². The molecule has 0 aliphatic carbocycles. The summed E-state index contributed by atoms with van der Waals surface area (Å²) in [5, 5.41) is 0.308. The zero-order chi connectivity index (χ0) is 18.5. The fourth-order valence-electron chi connectivity index (χ4n) is 3.45. The lowest BCUT2D eigenvalue weighted by molar-refractivity contribution is 0.236. The maximum absolute atomic E-state index is 6.28. The zero-order valence-electron chi connectivity index (χ0n) is 17.6. The highest BCUT2D eigenvalue weighted by molar-refractivity contribution is 6.74. The summed E-state index contributed by atoms with van der Waals surface area (Å²) < 4.78 is 6.28. The van der Waals surface area contributed by atoms with Crippen molar-refractivity contribution in [2.75, 3.05) is 45.9 Å². The third-order valence-electron chi connectivity index (χ3n) is 6.33. The van der Waals surface area contributed by atoms with E-state index in [1.807, 2.05) is 0 Å². The van der Waals surface area contributed by atoms with E-state index in [-0.39, 0.29) is 0 Å². The third-order valence-corrected chi connectivity index (χ3v) is 10.9. The van der Waals surface area contributed by atoms with E-state index in [0.717, 1.165) is 45.2 Å². The standard InChI is InChI=1S/C20H41N3OSi/c1-19-10-7-13-23(19)14-8-11-21-15-16-22(18-21)12-9-17-24-25(5,6)20(2,3)4/h19H,7-17H2,1-6H3/t19-/m1/s1. The van der Waals surface area contributed by atoms with Crippen LogP contribution in [0.2, 0.25) is 18.1 Å². The van der Waals surface area contributed by atoms with E-state index in [2.05, 4.69) is 62.2 Å². The Morgan fingerprint density at radius 3 is 2.20 bits per heavy atom. The first kappa shape index (κ1) is 21.4. The van der Waals surface area contributed by atoms with Crippen LogP contribution < -0.4 is 0 Å². The Balaban J connectivity index is 1.54. The zero-order valence-corrected chi connectivity index (χ0v) is 18.6. The molecule has 0 saturated carbocycles. The summed E-state index contributed by atoms with van der Waals surface area (Å²) in [5.74, 6) is 0. The van der Waals surface area contributed by atoms with Crippen LogP contribution in [-0.4, -0.2) is 74.9 Å². The number of rotatable bonds is 9. The summed E-state index contributed by atoms with van der Waals surface area (Å²) in [6, 6.07) is 0.795. The molecule has 0 bridgehead atoms. The Hall–Kier alpha value is 0.0569. The van der Waals surface area contributed by atoms with Crippen LogP contribution in [0.3, 0.4) is 0 Å². The highest BCUT2D eigenvalue weighted by atomic mass is 28.4. The molecule has 4 nitrogen and oxygen atoms in total. The second-order valence-corrected chi connectivity index (χ2v) is 14.2. The van der Waals surface area contributed by atoms with E-state index < -0.39 is 8.32 Å². The van der Waals surface area contributed by atoms with E-state index >= 15 is 0 Å². The van der Waals surface area contributed by atoms with Crippen molar-refractivity contribution in [3.05, 3.63) is 6.67 Å². The quantitative estimate of drug-likeness (QED) is 0.454. The van der Waals surface area contributed by atoms with E-state index in [1.54, 1.807) is 0 Å². The van der Waals surface area contributed by atoms with Gasteiger partial charge in [0.15, 0.2) is 8.32 Å². The Labute approximate surface area is 158 Å². The van der Waals surface area contributed by atoms with Gasteiger partial charge in [0, 0.05) is 38.8 Å². The molecule has 2 aliphatic heterocycles. The van der Waals surface area contributed by atoms with Crippen LogP contribution >= 0.6 is 0 Å². The minimum absolute atomic E-state index is 0.308. The van der Waals surface area contributed by atoms with Crippen molar-refractivity contribution in [3.63, 3.8) is 0 Å². The van der Waals surface area contributed by atoms with Crippen LogP contribution in [0.4, 0.5) is 0 Å². The molecule has 0 spiro atoms. The molecule has 25 heavy (non-hydrogen) atoms. The molecule has 5 heteroatoms. The van der Waals surface area contributed by atoms with Gasteiger partial charge in [-0.25, -0.2) is 0 Å². The summed E-state index contributed by atoms with van der Waals surface area (Å²) in [6.45, 7) is 25.5. The fourth-order valence-corrected chi connectivity index (χ4v) is 4.54. The van der Waals surface area contributed by atoms with Gasteiger partial charge >= 0.3 is 0 Å². The number of hydrogen-bond acceptors (Lipinski definition) is 4. The Bertz CT molecular complexity index is 397. The molecule has 0 aromatic carbocycles. The van der Waals surface area contributed by atoms with E-state index in [4.69, 9.17) is 4.43 Å². The van der Waals surface area contributed by atoms with Crippen LogP contribution in [0.1, 0.15) is 53.4 Å². The van der Waals surface area contributed by atoms with Crippen LogP contribution in [0, 0.1) is 6.67 Å². The van der Waals surface area contributed by atoms with Gasteiger partial charge in [-0.05, 0) is 63.8 Å². The first-order valence-electron chi connectivity index (χ1n) is 10.3. The van der Waals surface area contributed by atoms with E-state index in [1.165, 1.54) is 32.4 Å². The highest BCUT2D eigenvalue weighted by Crippen LogP contribution is 2.36. The Morgan fingerprint density at radius 1 is 1.00 bits per heavy atom. The van der Waals surface area contributed by atoms with Gasteiger partial charge in [0.1, 0.15) is 6.67 Å². The molecular weight excluding hydrogens is 326 g/mol. The minimum atomic E-state index is -1.59.